The van der Waals surface area contributed by atoms with Gasteiger partial charge >= 0.3 is 0 Å². The average molecular weight is 362 g/mol. The van der Waals surface area contributed by atoms with Crippen LogP contribution >= 0.6 is 0 Å². The molecule has 1 amide bonds. The first-order valence-electron chi connectivity index (χ1n) is 9.07. The maximum absolute atomic E-state index is 13.0. The summed E-state index contributed by atoms with van der Waals surface area (Å²) in [5.74, 6) is 1.95. The van der Waals surface area contributed by atoms with Gasteiger partial charge in [0.05, 0.1) is 19.2 Å². The number of benzene rings is 2. The van der Waals surface area contributed by atoms with Crippen molar-refractivity contribution < 1.29 is 13.9 Å². The second-order valence-electron chi connectivity index (χ2n) is 6.88. The number of aryl methyl sites for hydroxylation is 1. The Labute approximate surface area is 158 Å². The minimum atomic E-state index is 0.0426. The van der Waals surface area contributed by atoms with Crippen LogP contribution in [0.5, 0.6) is 5.75 Å². The normalized spacial score (nSPS) is 15.7. The van der Waals surface area contributed by atoms with E-state index in [4.69, 9.17) is 9.15 Å². The molecule has 4 rings (SSSR count). The number of nitrogens with zero attached hydrogens (tertiary/aromatic N) is 2. The van der Waals surface area contributed by atoms with Gasteiger partial charge in [-0.3, -0.25) is 4.79 Å². The van der Waals surface area contributed by atoms with Crippen LogP contribution < -0.4 is 9.64 Å². The second-order valence-corrected chi connectivity index (χ2v) is 6.88. The topological polar surface area (TPSA) is 55.6 Å². The Kier molecular flexibility index (Phi) is 4.44. The van der Waals surface area contributed by atoms with Crippen LogP contribution in [0.4, 0.5) is 5.69 Å². The summed E-state index contributed by atoms with van der Waals surface area (Å²) in [6.45, 7) is 3.93. The van der Waals surface area contributed by atoms with Crippen molar-refractivity contribution in [2.75, 3.05) is 12.0 Å². The van der Waals surface area contributed by atoms with Gasteiger partial charge in [0.25, 0.3) is 0 Å². The molecule has 0 aliphatic carbocycles. The molecule has 0 spiro atoms. The third-order valence-electron chi connectivity index (χ3n) is 5.00. The van der Waals surface area contributed by atoms with E-state index >= 15 is 0 Å². The molecule has 27 heavy (non-hydrogen) atoms. The first-order chi connectivity index (χ1) is 13.1. The molecule has 5 nitrogen and oxygen atoms in total. The highest BCUT2D eigenvalue weighted by Gasteiger charge is 2.31. The molecule has 0 radical (unpaired) electrons. The van der Waals surface area contributed by atoms with Crippen molar-refractivity contribution >= 4 is 11.6 Å². The molecular formula is C22H22N2O3. The number of hydrogen-bond donors (Lipinski definition) is 0. The Balaban J connectivity index is 1.58. The molecular weight excluding hydrogens is 340 g/mol. The zero-order chi connectivity index (χ0) is 19.0. The van der Waals surface area contributed by atoms with Crippen LogP contribution in [0.25, 0.3) is 11.5 Å². The fourth-order valence-electron chi connectivity index (χ4n) is 3.65. The Morgan fingerprint density at radius 3 is 2.89 bits per heavy atom. The number of carbonyl (C=O) groups excluding carboxylic acids is 1. The molecule has 5 heteroatoms. The SMILES string of the molecule is COc1cccc(-c2nc(CC(=O)N3c4ccccc4CC3C)c(C)o2)c1. The number of methoxy groups -OCH3 is 1. The van der Waals surface area contributed by atoms with Crippen LogP contribution in [0.1, 0.15) is 23.9 Å². The lowest BCUT2D eigenvalue weighted by atomic mass is 10.1. The molecule has 0 saturated heterocycles. The average Bonchev–Trinajstić information content (AvgIpc) is 3.20. The monoisotopic (exact) mass is 362 g/mol. The highest BCUT2D eigenvalue weighted by molar-refractivity contribution is 5.97. The van der Waals surface area contributed by atoms with Crippen molar-refractivity contribution in [1.82, 2.24) is 4.98 Å². The van der Waals surface area contributed by atoms with E-state index in [9.17, 15) is 4.79 Å². The molecule has 2 heterocycles. The standard InChI is InChI=1S/C22H22N2O3/c1-14-11-16-7-4-5-10-20(16)24(14)21(25)13-19-15(2)27-22(23-19)17-8-6-9-18(12-17)26-3/h4-10,12,14H,11,13H2,1-3H3. The zero-order valence-corrected chi connectivity index (χ0v) is 15.7. The number of amides is 1. The largest absolute Gasteiger partial charge is 0.497 e. The van der Waals surface area contributed by atoms with Gasteiger partial charge in [0.2, 0.25) is 11.8 Å². The maximum atomic E-state index is 13.0. The van der Waals surface area contributed by atoms with E-state index in [1.807, 2.05) is 54.3 Å². The number of carbonyl (C=O) groups is 1. The zero-order valence-electron chi connectivity index (χ0n) is 15.7. The van der Waals surface area contributed by atoms with E-state index in [1.54, 1.807) is 7.11 Å². The van der Waals surface area contributed by atoms with E-state index in [0.29, 0.717) is 17.3 Å². The lowest BCUT2D eigenvalue weighted by Gasteiger charge is -2.22. The van der Waals surface area contributed by atoms with Gasteiger partial charge in [-0.2, -0.15) is 0 Å². The number of oxazole rings is 1. The fraction of sp³-hybridized carbons (Fsp3) is 0.273. The molecule has 0 bridgehead atoms. The van der Waals surface area contributed by atoms with E-state index in [0.717, 1.165) is 23.4 Å². The Hall–Kier alpha value is -3.08. The highest BCUT2D eigenvalue weighted by atomic mass is 16.5. The van der Waals surface area contributed by atoms with Gasteiger partial charge in [-0.05, 0) is 50.1 Å². The molecule has 138 valence electrons. The van der Waals surface area contributed by atoms with Gasteiger partial charge in [-0.25, -0.2) is 4.98 Å². The molecule has 1 atom stereocenters. The fourth-order valence-corrected chi connectivity index (χ4v) is 3.65. The summed E-state index contributed by atoms with van der Waals surface area (Å²) in [6, 6.07) is 15.8. The first kappa shape index (κ1) is 17.3. The van der Waals surface area contributed by atoms with Crippen molar-refractivity contribution in [3.8, 4) is 17.2 Å². The van der Waals surface area contributed by atoms with E-state index < -0.39 is 0 Å². The molecule has 3 aromatic rings. The number of anilines is 1. The molecule has 2 aromatic carbocycles. The molecule has 1 unspecified atom stereocenters. The Morgan fingerprint density at radius 2 is 2.07 bits per heavy atom. The number of rotatable bonds is 4. The van der Waals surface area contributed by atoms with Crippen LogP contribution in [-0.2, 0) is 17.6 Å². The molecule has 0 fully saturated rings. The van der Waals surface area contributed by atoms with Gasteiger partial charge in [-0.15, -0.1) is 0 Å². The number of ether oxygens (including phenoxy) is 1. The second kappa shape index (κ2) is 6.91. The summed E-state index contributed by atoms with van der Waals surface area (Å²) in [7, 11) is 1.62. The van der Waals surface area contributed by atoms with Crippen LogP contribution in [0, 0.1) is 6.92 Å². The summed E-state index contributed by atoms with van der Waals surface area (Å²) in [5.41, 5.74) is 3.72. The van der Waals surface area contributed by atoms with Crippen molar-refractivity contribution in [2.45, 2.75) is 32.7 Å². The molecule has 0 N–H and O–H groups in total. The lowest BCUT2D eigenvalue weighted by molar-refractivity contribution is -0.118. The highest BCUT2D eigenvalue weighted by Crippen LogP contribution is 2.33. The van der Waals surface area contributed by atoms with Crippen LogP contribution in [-0.4, -0.2) is 24.0 Å². The van der Waals surface area contributed by atoms with Crippen LogP contribution in [0.2, 0.25) is 0 Å². The summed E-state index contributed by atoms with van der Waals surface area (Å²) in [4.78, 5) is 19.5. The van der Waals surface area contributed by atoms with Crippen LogP contribution in [0.15, 0.2) is 52.9 Å². The molecule has 1 aromatic heterocycles. The van der Waals surface area contributed by atoms with E-state index in [1.165, 1.54) is 5.56 Å². The number of fused-ring (bicyclic) bond motifs is 1. The van der Waals surface area contributed by atoms with Crippen molar-refractivity contribution in [3.63, 3.8) is 0 Å². The lowest BCUT2D eigenvalue weighted by Crippen LogP contribution is -2.37. The third kappa shape index (κ3) is 3.21. The van der Waals surface area contributed by atoms with Gasteiger partial charge in [0, 0.05) is 17.3 Å². The smallest absolute Gasteiger partial charge is 0.233 e. The van der Waals surface area contributed by atoms with Crippen molar-refractivity contribution in [1.29, 1.82) is 0 Å². The van der Waals surface area contributed by atoms with E-state index in [-0.39, 0.29) is 18.4 Å². The maximum Gasteiger partial charge on any atom is 0.233 e. The number of para-hydroxylation sites is 1. The molecule has 0 saturated carbocycles. The van der Waals surface area contributed by atoms with Crippen molar-refractivity contribution in [2.24, 2.45) is 0 Å². The minimum Gasteiger partial charge on any atom is -0.497 e. The van der Waals surface area contributed by atoms with Gasteiger partial charge in [0.15, 0.2) is 0 Å². The minimum absolute atomic E-state index is 0.0426. The quantitative estimate of drug-likeness (QED) is 0.699. The van der Waals surface area contributed by atoms with Crippen LogP contribution in [0.3, 0.4) is 0 Å². The van der Waals surface area contributed by atoms with Gasteiger partial charge in [0.1, 0.15) is 11.5 Å². The van der Waals surface area contributed by atoms with E-state index in [2.05, 4.69) is 18.0 Å². The van der Waals surface area contributed by atoms with Crippen molar-refractivity contribution in [3.05, 3.63) is 65.5 Å². The molecule has 1 aliphatic rings. The number of hydrogen-bond acceptors (Lipinski definition) is 4. The predicted octanol–water partition coefficient (Wildman–Crippen LogP) is 4.18. The van der Waals surface area contributed by atoms with Gasteiger partial charge < -0.3 is 14.1 Å². The molecule has 1 aliphatic heterocycles. The first-order valence-corrected chi connectivity index (χ1v) is 9.07. The Morgan fingerprint density at radius 1 is 1.26 bits per heavy atom. The summed E-state index contributed by atoms with van der Waals surface area (Å²) >= 11 is 0. The summed E-state index contributed by atoms with van der Waals surface area (Å²) in [5, 5.41) is 0. The number of aromatic nitrogens is 1. The predicted molar refractivity (Wildman–Crippen MR) is 104 cm³/mol. The summed E-state index contributed by atoms with van der Waals surface area (Å²) in [6.07, 6.45) is 1.10. The summed E-state index contributed by atoms with van der Waals surface area (Å²) < 4.78 is 11.1. The Bertz CT molecular complexity index is 993. The van der Waals surface area contributed by atoms with Gasteiger partial charge in [-0.1, -0.05) is 24.3 Å². The third-order valence-corrected chi connectivity index (χ3v) is 5.00.